The molecule has 6 heteroatoms. The third kappa shape index (κ3) is 4.52. The number of aromatic nitrogens is 4. The summed E-state index contributed by atoms with van der Waals surface area (Å²) in [4.78, 5) is 2.61. The van der Waals surface area contributed by atoms with Gasteiger partial charge in [0.2, 0.25) is 0 Å². The zero-order chi connectivity index (χ0) is 22.9. The van der Waals surface area contributed by atoms with Crippen molar-refractivity contribution in [1.29, 1.82) is 0 Å². The van der Waals surface area contributed by atoms with Crippen molar-refractivity contribution in [1.82, 2.24) is 24.5 Å². The molecule has 3 atom stereocenters. The second-order valence-electron chi connectivity index (χ2n) is 10.0. The fraction of sp³-hybridized carbons (Fsp3) is 0.429. The first-order chi connectivity index (χ1) is 16.7. The van der Waals surface area contributed by atoms with Crippen molar-refractivity contribution in [3.63, 3.8) is 0 Å². The molecule has 4 aromatic rings. The van der Waals surface area contributed by atoms with E-state index in [9.17, 15) is 0 Å². The zero-order valence-electron chi connectivity index (χ0n) is 19.9. The molecule has 34 heavy (non-hydrogen) atoms. The summed E-state index contributed by atoms with van der Waals surface area (Å²) in [5, 5.41) is 10.6. The van der Waals surface area contributed by atoms with Crippen molar-refractivity contribution in [3.05, 3.63) is 72.7 Å². The van der Waals surface area contributed by atoms with Gasteiger partial charge in [-0.15, -0.1) is 0 Å². The molecular formula is C28H33N5O. The van der Waals surface area contributed by atoms with Gasteiger partial charge in [-0.25, -0.2) is 4.68 Å². The van der Waals surface area contributed by atoms with E-state index in [2.05, 4.69) is 82.5 Å². The predicted octanol–water partition coefficient (Wildman–Crippen LogP) is 5.51. The fourth-order valence-electron chi connectivity index (χ4n) is 5.58. The quantitative estimate of drug-likeness (QED) is 0.385. The maximum atomic E-state index is 5.88. The fourth-order valence-corrected chi connectivity index (χ4v) is 5.58. The Labute approximate surface area is 201 Å². The van der Waals surface area contributed by atoms with Crippen LogP contribution in [0, 0.1) is 5.92 Å². The number of rotatable bonds is 6. The topological polar surface area (TPSA) is 48.1 Å². The Balaban J connectivity index is 1.14. The highest BCUT2D eigenvalue weighted by atomic mass is 16.5. The molecule has 6 nitrogen and oxygen atoms in total. The van der Waals surface area contributed by atoms with Crippen LogP contribution in [0.5, 0.6) is 0 Å². The van der Waals surface area contributed by atoms with Gasteiger partial charge in [-0.05, 0) is 61.8 Å². The summed E-state index contributed by atoms with van der Waals surface area (Å²) in [7, 11) is 0. The molecule has 2 aliphatic rings. The van der Waals surface area contributed by atoms with Gasteiger partial charge >= 0.3 is 0 Å². The molecule has 0 N–H and O–H groups in total. The average Bonchev–Trinajstić information content (AvgIpc) is 3.59. The van der Waals surface area contributed by atoms with E-state index in [1.54, 1.807) is 0 Å². The molecule has 2 saturated heterocycles. The minimum absolute atomic E-state index is 0.0734. The summed E-state index contributed by atoms with van der Waals surface area (Å²) < 4.78 is 10.0. The van der Waals surface area contributed by atoms with E-state index in [1.165, 1.54) is 29.4 Å². The number of likely N-dealkylation sites (tertiary alicyclic amines) is 1. The standard InChI is InChI=1S/C28H33N5O/c1-21-13-23(17-31(21)16-22-7-3-2-4-8-22)18-32-19-25-14-24(10-11-27(25)30-32)26-15-29-33(20-26)28-9-5-6-12-34-28/h2-4,7-8,10-11,14-15,19-21,23,28H,5-6,9,12-13,16-18H2,1H3/t21-,23-,28?/m0/s1. The van der Waals surface area contributed by atoms with Gasteiger partial charge in [0.1, 0.15) is 6.23 Å². The van der Waals surface area contributed by atoms with Crippen molar-refractivity contribution in [2.75, 3.05) is 13.2 Å². The lowest BCUT2D eigenvalue weighted by molar-refractivity contribution is -0.0394. The summed E-state index contributed by atoms with van der Waals surface area (Å²) in [6.45, 7) is 6.31. The molecule has 2 aromatic carbocycles. The summed E-state index contributed by atoms with van der Waals surface area (Å²) >= 11 is 0. The third-order valence-electron chi connectivity index (χ3n) is 7.40. The molecule has 0 radical (unpaired) electrons. The Hall–Kier alpha value is -2.96. The molecule has 6 rings (SSSR count). The highest BCUT2D eigenvalue weighted by Gasteiger charge is 2.29. The Morgan fingerprint density at radius 3 is 2.79 bits per heavy atom. The Kier molecular flexibility index (Phi) is 5.93. The van der Waals surface area contributed by atoms with Gasteiger partial charge in [-0.2, -0.15) is 10.2 Å². The van der Waals surface area contributed by atoms with Crippen molar-refractivity contribution in [3.8, 4) is 11.1 Å². The lowest BCUT2D eigenvalue weighted by Crippen LogP contribution is -2.26. The number of fused-ring (bicyclic) bond motifs is 1. The molecule has 0 aliphatic carbocycles. The smallest absolute Gasteiger partial charge is 0.150 e. The van der Waals surface area contributed by atoms with Gasteiger partial charge in [-0.3, -0.25) is 9.58 Å². The molecule has 0 bridgehead atoms. The van der Waals surface area contributed by atoms with E-state index < -0.39 is 0 Å². The van der Waals surface area contributed by atoms with E-state index in [-0.39, 0.29) is 6.23 Å². The lowest BCUT2D eigenvalue weighted by Gasteiger charge is -2.22. The molecular weight excluding hydrogens is 422 g/mol. The SMILES string of the molecule is C[C@H]1C[C@H](Cn2cc3cc(-c4cnn(C5CCCCO5)c4)ccc3n2)CN1Cc1ccccc1. The van der Waals surface area contributed by atoms with Gasteiger partial charge in [0.05, 0.1) is 11.7 Å². The summed E-state index contributed by atoms with van der Waals surface area (Å²) in [5.41, 5.74) is 4.76. The van der Waals surface area contributed by atoms with E-state index in [0.717, 1.165) is 50.2 Å². The molecule has 4 heterocycles. The highest BCUT2D eigenvalue weighted by Crippen LogP contribution is 2.29. The Morgan fingerprint density at radius 2 is 1.94 bits per heavy atom. The number of hydrogen-bond acceptors (Lipinski definition) is 4. The first-order valence-corrected chi connectivity index (χ1v) is 12.6. The van der Waals surface area contributed by atoms with E-state index >= 15 is 0 Å². The van der Waals surface area contributed by atoms with Crippen LogP contribution in [0.1, 0.15) is 44.4 Å². The first-order valence-electron chi connectivity index (χ1n) is 12.6. The summed E-state index contributed by atoms with van der Waals surface area (Å²) in [6, 6.07) is 17.9. The molecule has 2 aromatic heterocycles. The second-order valence-corrected chi connectivity index (χ2v) is 10.0. The van der Waals surface area contributed by atoms with E-state index in [0.29, 0.717) is 12.0 Å². The normalized spacial score (nSPS) is 23.6. The van der Waals surface area contributed by atoms with Crippen LogP contribution in [0.15, 0.2) is 67.1 Å². The van der Waals surface area contributed by atoms with E-state index in [4.69, 9.17) is 9.84 Å². The molecule has 2 aliphatic heterocycles. The molecule has 176 valence electrons. The molecule has 0 spiro atoms. The maximum absolute atomic E-state index is 5.88. The van der Waals surface area contributed by atoms with E-state index in [1.807, 2.05) is 10.9 Å². The zero-order valence-corrected chi connectivity index (χ0v) is 19.9. The van der Waals surface area contributed by atoms with Crippen LogP contribution in [-0.4, -0.2) is 43.7 Å². The molecule has 0 amide bonds. The number of benzene rings is 2. The Morgan fingerprint density at radius 1 is 1.03 bits per heavy atom. The van der Waals surface area contributed by atoms with Crippen LogP contribution in [-0.2, 0) is 17.8 Å². The molecule has 1 unspecified atom stereocenters. The Bertz CT molecular complexity index is 1240. The highest BCUT2D eigenvalue weighted by molar-refractivity contribution is 5.83. The van der Waals surface area contributed by atoms with Gasteiger partial charge in [0.25, 0.3) is 0 Å². The maximum Gasteiger partial charge on any atom is 0.150 e. The van der Waals surface area contributed by atoms with Gasteiger partial charge < -0.3 is 4.74 Å². The third-order valence-corrected chi connectivity index (χ3v) is 7.40. The van der Waals surface area contributed by atoms with Crippen molar-refractivity contribution < 1.29 is 4.74 Å². The van der Waals surface area contributed by atoms with Crippen molar-refractivity contribution in [2.45, 2.75) is 58.0 Å². The minimum Gasteiger partial charge on any atom is -0.357 e. The minimum atomic E-state index is 0.0734. The number of nitrogens with zero attached hydrogens (tertiary/aromatic N) is 5. The number of ether oxygens (including phenoxy) is 1. The molecule has 0 saturated carbocycles. The monoisotopic (exact) mass is 455 g/mol. The first kappa shape index (κ1) is 21.6. The average molecular weight is 456 g/mol. The van der Waals surface area contributed by atoms with Gasteiger partial charge in [0.15, 0.2) is 0 Å². The van der Waals surface area contributed by atoms with Gasteiger partial charge in [-0.1, -0.05) is 36.4 Å². The second kappa shape index (κ2) is 9.35. The van der Waals surface area contributed by atoms with Crippen LogP contribution in [0.3, 0.4) is 0 Å². The van der Waals surface area contributed by atoms with Gasteiger partial charge in [0, 0.05) is 55.6 Å². The lowest BCUT2D eigenvalue weighted by atomic mass is 10.1. The number of hydrogen-bond donors (Lipinski definition) is 0. The van der Waals surface area contributed by atoms with Crippen LogP contribution < -0.4 is 0 Å². The predicted molar refractivity (Wildman–Crippen MR) is 134 cm³/mol. The van der Waals surface area contributed by atoms with Crippen LogP contribution >= 0.6 is 0 Å². The largest absolute Gasteiger partial charge is 0.357 e. The molecule has 2 fully saturated rings. The van der Waals surface area contributed by atoms with Crippen LogP contribution in [0.4, 0.5) is 0 Å². The van der Waals surface area contributed by atoms with Crippen molar-refractivity contribution in [2.24, 2.45) is 5.92 Å². The van der Waals surface area contributed by atoms with Crippen LogP contribution in [0.25, 0.3) is 22.0 Å². The summed E-state index contributed by atoms with van der Waals surface area (Å²) in [5.74, 6) is 0.626. The van der Waals surface area contributed by atoms with Crippen molar-refractivity contribution >= 4 is 10.9 Å². The van der Waals surface area contributed by atoms with Crippen LogP contribution in [0.2, 0.25) is 0 Å². The summed E-state index contributed by atoms with van der Waals surface area (Å²) in [6.07, 6.45) is 11.0.